The van der Waals surface area contributed by atoms with Gasteiger partial charge in [-0.05, 0) is 48.9 Å². The van der Waals surface area contributed by atoms with Gasteiger partial charge in [0.05, 0.1) is 6.20 Å². The van der Waals surface area contributed by atoms with Crippen LogP contribution in [0.15, 0.2) is 53.1 Å². The quantitative estimate of drug-likeness (QED) is 0.641. The largest absolute Gasteiger partial charge is 0.454 e. The molecule has 8 nitrogen and oxygen atoms in total. The Balaban J connectivity index is 1.38. The van der Waals surface area contributed by atoms with Gasteiger partial charge in [0, 0.05) is 10.6 Å². The smallest absolute Gasteiger partial charge is 0.325 e. The molecule has 152 valence electrons. The molecule has 1 atom stereocenters. The third-order valence-electron chi connectivity index (χ3n) is 5.20. The van der Waals surface area contributed by atoms with Gasteiger partial charge in [-0.3, -0.25) is 9.69 Å². The van der Waals surface area contributed by atoms with Gasteiger partial charge in [0.15, 0.2) is 17.3 Å². The first kappa shape index (κ1) is 18.5. The van der Waals surface area contributed by atoms with E-state index in [1.54, 1.807) is 55.6 Å². The number of imide groups is 1. The maximum Gasteiger partial charge on any atom is 0.325 e. The number of hydrogen-bond acceptors (Lipinski definition) is 6. The first-order chi connectivity index (χ1) is 14.4. The second-order valence-electron chi connectivity index (χ2n) is 7.14. The Morgan fingerprint density at radius 1 is 1.13 bits per heavy atom. The molecule has 0 bridgehead atoms. The molecule has 0 radical (unpaired) electrons. The van der Waals surface area contributed by atoms with Gasteiger partial charge in [-0.1, -0.05) is 17.7 Å². The molecule has 2 aliphatic heterocycles. The predicted octanol–water partition coefficient (Wildman–Crippen LogP) is 3.69. The summed E-state index contributed by atoms with van der Waals surface area (Å²) in [4.78, 5) is 31.0. The van der Waals surface area contributed by atoms with E-state index in [1.807, 2.05) is 0 Å². The SMILES string of the molecule is C[C@@]1(c2ccc3c(c2)OCO3)NC(=O)N(Cc2ncc(-c3ccc(Cl)cc3)o2)C1=O. The minimum atomic E-state index is -1.23. The van der Waals surface area contributed by atoms with Crippen LogP contribution in [0.25, 0.3) is 11.3 Å². The van der Waals surface area contributed by atoms with E-state index < -0.39 is 17.5 Å². The van der Waals surface area contributed by atoms with Crippen LogP contribution in [-0.4, -0.2) is 28.6 Å². The van der Waals surface area contributed by atoms with Crippen molar-refractivity contribution in [2.24, 2.45) is 0 Å². The lowest BCUT2D eigenvalue weighted by Crippen LogP contribution is -2.40. The van der Waals surface area contributed by atoms with E-state index in [9.17, 15) is 9.59 Å². The number of oxazole rings is 1. The van der Waals surface area contributed by atoms with E-state index in [0.717, 1.165) is 10.5 Å². The number of carbonyl (C=O) groups is 2. The fourth-order valence-corrected chi connectivity index (χ4v) is 3.64. The number of fused-ring (bicyclic) bond motifs is 1. The van der Waals surface area contributed by atoms with E-state index in [-0.39, 0.29) is 19.2 Å². The topological polar surface area (TPSA) is 93.9 Å². The highest BCUT2D eigenvalue weighted by atomic mass is 35.5. The average Bonchev–Trinajstić information content (AvgIpc) is 3.44. The first-order valence-electron chi connectivity index (χ1n) is 9.19. The summed E-state index contributed by atoms with van der Waals surface area (Å²) in [6.45, 7) is 1.69. The van der Waals surface area contributed by atoms with Crippen LogP contribution >= 0.6 is 11.6 Å². The summed E-state index contributed by atoms with van der Waals surface area (Å²) in [6.07, 6.45) is 1.55. The summed E-state index contributed by atoms with van der Waals surface area (Å²) < 4.78 is 16.4. The van der Waals surface area contributed by atoms with Gasteiger partial charge in [-0.15, -0.1) is 0 Å². The molecule has 2 aliphatic rings. The monoisotopic (exact) mass is 425 g/mol. The number of benzene rings is 2. The predicted molar refractivity (Wildman–Crippen MR) is 106 cm³/mol. The lowest BCUT2D eigenvalue weighted by molar-refractivity contribution is -0.131. The molecule has 9 heteroatoms. The molecule has 2 aromatic carbocycles. The zero-order valence-electron chi connectivity index (χ0n) is 15.8. The number of nitrogens with zero attached hydrogens (tertiary/aromatic N) is 2. The first-order valence-corrected chi connectivity index (χ1v) is 9.57. The van der Waals surface area contributed by atoms with Crippen LogP contribution in [0.3, 0.4) is 0 Å². The summed E-state index contributed by atoms with van der Waals surface area (Å²) in [5.74, 6) is 1.50. The fraction of sp³-hybridized carbons (Fsp3) is 0.190. The van der Waals surface area contributed by atoms with E-state index in [4.69, 9.17) is 25.5 Å². The number of ether oxygens (including phenoxy) is 2. The van der Waals surface area contributed by atoms with Crippen molar-refractivity contribution in [2.45, 2.75) is 19.0 Å². The number of carbonyl (C=O) groups excluding carboxylic acids is 2. The molecule has 3 aromatic rings. The second-order valence-corrected chi connectivity index (χ2v) is 7.58. The fourth-order valence-electron chi connectivity index (χ4n) is 3.51. The van der Waals surface area contributed by atoms with Crippen LogP contribution in [0.1, 0.15) is 18.4 Å². The van der Waals surface area contributed by atoms with Crippen molar-refractivity contribution in [2.75, 3.05) is 6.79 Å². The van der Waals surface area contributed by atoms with Crippen LogP contribution in [0.2, 0.25) is 5.02 Å². The van der Waals surface area contributed by atoms with E-state index in [1.165, 1.54) is 0 Å². The molecule has 1 aromatic heterocycles. The minimum absolute atomic E-state index is 0.0849. The van der Waals surface area contributed by atoms with Crippen LogP contribution in [0, 0.1) is 0 Å². The highest BCUT2D eigenvalue weighted by Crippen LogP contribution is 2.38. The third kappa shape index (κ3) is 2.96. The Labute approximate surface area is 176 Å². The summed E-state index contributed by atoms with van der Waals surface area (Å²) >= 11 is 5.91. The van der Waals surface area contributed by atoms with Gasteiger partial charge in [-0.25, -0.2) is 9.78 Å². The highest BCUT2D eigenvalue weighted by molar-refractivity contribution is 6.30. The van der Waals surface area contributed by atoms with Crippen molar-refractivity contribution in [1.29, 1.82) is 0 Å². The van der Waals surface area contributed by atoms with E-state index in [2.05, 4.69) is 10.3 Å². The average molecular weight is 426 g/mol. The zero-order valence-corrected chi connectivity index (χ0v) is 16.6. The van der Waals surface area contributed by atoms with Crippen LogP contribution in [0.4, 0.5) is 4.79 Å². The van der Waals surface area contributed by atoms with Crippen molar-refractivity contribution >= 4 is 23.5 Å². The lowest BCUT2D eigenvalue weighted by atomic mass is 9.91. The number of amides is 3. The minimum Gasteiger partial charge on any atom is -0.454 e. The van der Waals surface area contributed by atoms with E-state index >= 15 is 0 Å². The maximum atomic E-state index is 13.1. The summed E-state index contributed by atoms with van der Waals surface area (Å²) in [5.41, 5.74) is 0.159. The van der Waals surface area contributed by atoms with Gasteiger partial charge in [0.1, 0.15) is 12.1 Å². The number of urea groups is 1. The molecule has 5 rings (SSSR count). The summed E-state index contributed by atoms with van der Waals surface area (Å²) in [6, 6.07) is 11.7. The molecule has 0 aliphatic carbocycles. The Bertz CT molecular complexity index is 1160. The van der Waals surface area contributed by atoms with Crippen molar-refractivity contribution in [3.05, 3.63) is 65.1 Å². The van der Waals surface area contributed by atoms with Gasteiger partial charge >= 0.3 is 6.03 Å². The normalized spacial score (nSPS) is 20.0. The maximum absolute atomic E-state index is 13.1. The third-order valence-corrected chi connectivity index (χ3v) is 5.45. The Hall–Kier alpha value is -3.52. The van der Waals surface area contributed by atoms with Crippen LogP contribution in [-0.2, 0) is 16.9 Å². The summed E-state index contributed by atoms with van der Waals surface area (Å²) in [5, 5.41) is 3.37. The number of aromatic nitrogens is 1. The Morgan fingerprint density at radius 2 is 1.90 bits per heavy atom. The van der Waals surface area contributed by atoms with E-state index in [0.29, 0.717) is 27.8 Å². The van der Waals surface area contributed by atoms with Gasteiger partial charge in [0.25, 0.3) is 5.91 Å². The van der Waals surface area contributed by atoms with Gasteiger partial charge in [-0.2, -0.15) is 0 Å². The molecule has 0 spiro atoms. The molecule has 1 N–H and O–H groups in total. The van der Waals surface area contributed by atoms with Crippen molar-refractivity contribution in [3.8, 4) is 22.8 Å². The molecular weight excluding hydrogens is 410 g/mol. The number of rotatable bonds is 4. The zero-order chi connectivity index (χ0) is 20.9. The second kappa shape index (κ2) is 6.77. The molecule has 30 heavy (non-hydrogen) atoms. The summed E-state index contributed by atoms with van der Waals surface area (Å²) in [7, 11) is 0. The standard InChI is InChI=1S/C21H16ClN3O5/c1-21(13-4-7-15-16(8-13)29-11-28-15)19(26)25(20(27)24-21)10-18-23-9-17(30-18)12-2-5-14(22)6-3-12/h2-9H,10-11H2,1H3,(H,24,27)/t21-/m0/s1. The Kier molecular flexibility index (Phi) is 4.18. The lowest BCUT2D eigenvalue weighted by Gasteiger charge is -2.22. The number of hydrogen-bond donors (Lipinski definition) is 1. The molecule has 1 saturated heterocycles. The molecule has 3 amide bonds. The molecule has 3 heterocycles. The van der Waals surface area contributed by atoms with Crippen molar-refractivity contribution in [3.63, 3.8) is 0 Å². The molecule has 0 saturated carbocycles. The van der Waals surface area contributed by atoms with Gasteiger partial charge in [0.2, 0.25) is 12.7 Å². The van der Waals surface area contributed by atoms with Crippen molar-refractivity contribution in [1.82, 2.24) is 15.2 Å². The molecule has 1 fully saturated rings. The van der Waals surface area contributed by atoms with Gasteiger partial charge < -0.3 is 19.2 Å². The number of nitrogens with one attached hydrogen (secondary N) is 1. The van der Waals surface area contributed by atoms with Crippen LogP contribution in [0.5, 0.6) is 11.5 Å². The van der Waals surface area contributed by atoms with Crippen LogP contribution < -0.4 is 14.8 Å². The van der Waals surface area contributed by atoms with Crippen molar-refractivity contribution < 1.29 is 23.5 Å². The Morgan fingerprint density at radius 3 is 2.70 bits per heavy atom. The molecule has 0 unspecified atom stereocenters. The number of halogens is 1. The molecular formula is C21H16ClN3O5. The highest BCUT2D eigenvalue weighted by Gasteiger charge is 2.49.